The highest BCUT2D eigenvalue weighted by Crippen LogP contribution is 2.15. The number of aliphatic hydroxyl groups is 1. The molecule has 0 saturated carbocycles. The Morgan fingerprint density at radius 3 is 2.57 bits per heavy atom. The molecule has 0 aromatic heterocycles. The van der Waals surface area contributed by atoms with Crippen LogP contribution in [0.15, 0.2) is 53.0 Å². The molecule has 3 N–H and O–H groups in total. The Bertz CT molecular complexity index is 614. The van der Waals surface area contributed by atoms with Gasteiger partial charge in [-0.3, -0.25) is 4.79 Å². The zero-order chi connectivity index (χ0) is 15.2. The SMILES string of the molecule is CC(Nc1cccc(CO)c1)C(=O)Nc1ccc(Br)cc1. The molecule has 1 amide bonds. The number of halogens is 1. The fraction of sp³-hybridized carbons (Fsp3) is 0.188. The summed E-state index contributed by atoms with van der Waals surface area (Å²) >= 11 is 3.35. The van der Waals surface area contributed by atoms with Crippen LogP contribution in [0, 0.1) is 0 Å². The molecule has 5 heteroatoms. The van der Waals surface area contributed by atoms with Gasteiger partial charge in [-0.2, -0.15) is 0 Å². The minimum absolute atomic E-state index is 0.0189. The van der Waals surface area contributed by atoms with Crippen LogP contribution in [0.25, 0.3) is 0 Å². The van der Waals surface area contributed by atoms with E-state index >= 15 is 0 Å². The molecule has 0 heterocycles. The highest BCUT2D eigenvalue weighted by molar-refractivity contribution is 9.10. The van der Waals surface area contributed by atoms with Gasteiger partial charge in [0.25, 0.3) is 0 Å². The molecule has 4 nitrogen and oxygen atoms in total. The molecule has 2 aromatic rings. The van der Waals surface area contributed by atoms with Crippen LogP contribution in [-0.2, 0) is 11.4 Å². The summed E-state index contributed by atoms with van der Waals surface area (Å²) < 4.78 is 0.965. The van der Waals surface area contributed by atoms with Crippen molar-refractivity contribution in [2.45, 2.75) is 19.6 Å². The Hall–Kier alpha value is -1.85. The number of aliphatic hydroxyl groups excluding tert-OH is 1. The molecule has 1 atom stereocenters. The first-order valence-corrected chi connectivity index (χ1v) is 7.40. The molecule has 0 radical (unpaired) electrons. The zero-order valence-corrected chi connectivity index (χ0v) is 13.2. The predicted molar refractivity (Wildman–Crippen MR) is 88.2 cm³/mol. The van der Waals surface area contributed by atoms with Gasteiger partial charge in [0, 0.05) is 15.8 Å². The Kier molecular flexibility index (Phi) is 5.36. The standard InChI is InChI=1S/C16H17BrN2O2/c1-11(18-15-4-2-3-12(9-15)10-20)16(21)19-14-7-5-13(17)6-8-14/h2-9,11,18,20H,10H2,1H3,(H,19,21). The van der Waals surface area contributed by atoms with Crippen molar-refractivity contribution in [3.05, 3.63) is 58.6 Å². The minimum Gasteiger partial charge on any atom is -0.392 e. The molecule has 0 spiro atoms. The third kappa shape index (κ3) is 4.58. The van der Waals surface area contributed by atoms with Crippen molar-refractivity contribution in [1.82, 2.24) is 0 Å². The predicted octanol–water partition coefficient (Wildman–Crippen LogP) is 3.38. The number of rotatable bonds is 5. The highest BCUT2D eigenvalue weighted by Gasteiger charge is 2.12. The lowest BCUT2D eigenvalue weighted by atomic mass is 10.2. The summed E-state index contributed by atoms with van der Waals surface area (Å²) in [7, 11) is 0. The van der Waals surface area contributed by atoms with Crippen LogP contribution in [0.3, 0.4) is 0 Å². The van der Waals surface area contributed by atoms with Crippen molar-refractivity contribution in [2.24, 2.45) is 0 Å². The Balaban J connectivity index is 1.97. The van der Waals surface area contributed by atoms with Gasteiger partial charge in [-0.25, -0.2) is 0 Å². The smallest absolute Gasteiger partial charge is 0.246 e. The molecule has 1 unspecified atom stereocenters. The molecule has 110 valence electrons. The van der Waals surface area contributed by atoms with Crippen LogP contribution in [0.5, 0.6) is 0 Å². The molecular weight excluding hydrogens is 332 g/mol. The summed E-state index contributed by atoms with van der Waals surface area (Å²) in [6.07, 6.45) is 0. The molecule has 2 aromatic carbocycles. The fourth-order valence-corrected chi connectivity index (χ4v) is 2.12. The van der Waals surface area contributed by atoms with Gasteiger partial charge in [-0.15, -0.1) is 0 Å². The molecule has 21 heavy (non-hydrogen) atoms. The maximum Gasteiger partial charge on any atom is 0.246 e. The molecule has 0 fully saturated rings. The van der Waals surface area contributed by atoms with Gasteiger partial charge in [-0.1, -0.05) is 28.1 Å². The van der Waals surface area contributed by atoms with E-state index in [9.17, 15) is 4.79 Å². The molecular formula is C16H17BrN2O2. The lowest BCUT2D eigenvalue weighted by Gasteiger charge is -2.16. The summed E-state index contributed by atoms with van der Waals surface area (Å²) in [4.78, 5) is 12.1. The number of anilines is 2. The Morgan fingerprint density at radius 1 is 1.19 bits per heavy atom. The molecule has 0 bridgehead atoms. The van der Waals surface area contributed by atoms with Crippen molar-refractivity contribution in [2.75, 3.05) is 10.6 Å². The van der Waals surface area contributed by atoms with E-state index < -0.39 is 0 Å². The largest absolute Gasteiger partial charge is 0.392 e. The minimum atomic E-state index is -0.386. The van der Waals surface area contributed by atoms with E-state index in [1.807, 2.05) is 48.5 Å². The van der Waals surface area contributed by atoms with Crippen molar-refractivity contribution in [1.29, 1.82) is 0 Å². The first-order valence-electron chi connectivity index (χ1n) is 6.61. The fourth-order valence-electron chi connectivity index (χ4n) is 1.86. The number of hydrogen-bond donors (Lipinski definition) is 3. The van der Waals surface area contributed by atoms with Crippen LogP contribution in [0.4, 0.5) is 11.4 Å². The summed E-state index contributed by atoms with van der Waals surface area (Å²) in [5.41, 5.74) is 2.36. The van der Waals surface area contributed by atoms with Gasteiger partial charge in [0.05, 0.1) is 6.61 Å². The molecule has 0 aliphatic carbocycles. The lowest BCUT2D eigenvalue weighted by Crippen LogP contribution is -2.31. The van der Waals surface area contributed by atoms with Gasteiger partial charge >= 0.3 is 0 Å². The van der Waals surface area contributed by atoms with Gasteiger partial charge in [-0.05, 0) is 48.9 Å². The van der Waals surface area contributed by atoms with Crippen molar-refractivity contribution >= 4 is 33.2 Å². The van der Waals surface area contributed by atoms with Gasteiger partial charge in [0.1, 0.15) is 6.04 Å². The summed E-state index contributed by atoms with van der Waals surface area (Å²) in [5, 5.41) is 15.1. The first-order chi connectivity index (χ1) is 10.1. The van der Waals surface area contributed by atoms with Crippen molar-refractivity contribution in [3.63, 3.8) is 0 Å². The van der Waals surface area contributed by atoms with E-state index in [1.54, 1.807) is 6.92 Å². The average Bonchev–Trinajstić information content (AvgIpc) is 2.49. The number of carbonyl (C=O) groups excluding carboxylic acids is 1. The molecule has 2 rings (SSSR count). The maximum atomic E-state index is 12.1. The maximum absolute atomic E-state index is 12.1. The van der Waals surface area contributed by atoms with Crippen LogP contribution >= 0.6 is 15.9 Å². The van der Waals surface area contributed by atoms with E-state index in [2.05, 4.69) is 26.6 Å². The lowest BCUT2D eigenvalue weighted by molar-refractivity contribution is -0.116. The first kappa shape index (κ1) is 15.5. The van der Waals surface area contributed by atoms with Crippen molar-refractivity contribution in [3.8, 4) is 0 Å². The van der Waals surface area contributed by atoms with E-state index in [4.69, 9.17) is 5.11 Å². The van der Waals surface area contributed by atoms with Crippen LogP contribution in [0.1, 0.15) is 12.5 Å². The number of hydrogen-bond acceptors (Lipinski definition) is 3. The van der Waals surface area contributed by atoms with Crippen molar-refractivity contribution < 1.29 is 9.90 Å². The van der Waals surface area contributed by atoms with Gasteiger partial charge < -0.3 is 15.7 Å². The second-order valence-electron chi connectivity index (χ2n) is 4.72. The number of carbonyl (C=O) groups is 1. The summed E-state index contributed by atoms with van der Waals surface area (Å²) in [6, 6.07) is 14.4. The van der Waals surface area contributed by atoms with Gasteiger partial charge in [0.15, 0.2) is 0 Å². The van der Waals surface area contributed by atoms with Crippen LogP contribution in [0.2, 0.25) is 0 Å². The van der Waals surface area contributed by atoms with Gasteiger partial charge in [0.2, 0.25) is 5.91 Å². The number of nitrogens with one attached hydrogen (secondary N) is 2. The second kappa shape index (κ2) is 7.24. The highest BCUT2D eigenvalue weighted by atomic mass is 79.9. The average molecular weight is 349 g/mol. The van der Waals surface area contributed by atoms with E-state index in [1.165, 1.54) is 0 Å². The third-order valence-electron chi connectivity index (χ3n) is 3.00. The Labute approximate surface area is 132 Å². The summed E-state index contributed by atoms with van der Waals surface area (Å²) in [5.74, 6) is -0.119. The molecule has 0 saturated heterocycles. The molecule has 0 aliphatic rings. The van der Waals surface area contributed by atoms with Crippen LogP contribution in [-0.4, -0.2) is 17.1 Å². The topological polar surface area (TPSA) is 61.4 Å². The van der Waals surface area contributed by atoms with E-state index in [-0.39, 0.29) is 18.6 Å². The Morgan fingerprint density at radius 2 is 1.90 bits per heavy atom. The quantitative estimate of drug-likeness (QED) is 0.776. The second-order valence-corrected chi connectivity index (χ2v) is 5.64. The van der Waals surface area contributed by atoms with E-state index in [0.717, 1.165) is 21.4 Å². The van der Waals surface area contributed by atoms with E-state index in [0.29, 0.717) is 0 Å². The number of amides is 1. The number of benzene rings is 2. The van der Waals surface area contributed by atoms with Crippen LogP contribution < -0.4 is 10.6 Å². The summed E-state index contributed by atoms with van der Waals surface area (Å²) in [6.45, 7) is 1.77. The monoisotopic (exact) mass is 348 g/mol. The normalized spacial score (nSPS) is 11.8. The zero-order valence-electron chi connectivity index (χ0n) is 11.6. The third-order valence-corrected chi connectivity index (χ3v) is 3.53. The molecule has 0 aliphatic heterocycles.